The van der Waals surface area contributed by atoms with Gasteiger partial charge in [-0.2, -0.15) is 0 Å². The van der Waals surface area contributed by atoms with Gasteiger partial charge in [0.25, 0.3) is 0 Å². The lowest BCUT2D eigenvalue weighted by molar-refractivity contribution is 0.208. The van der Waals surface area contributed by atoms with E-state index in [1.165, 1.54) is 4.90 Å². The Hall–Kier alpha value is -2.40. The molecule has 3 rings (SSSR count). The average Bonchev–Trinajstić information content (AvgIpc) is 2.78. The molecule has 2 aromatic carbocycles. The van der Waals surface area contributed by atoms with Gasteiger partial charge in [0.15, 0.2) is 0 Å². The number of amides is 2. The van der Waals surface area contributed by atoms with Crippen molar-refractivity contribution in [3.05, 3.63) is 59.7 Å². The first-order valence-electron chi connectivity index (χ1n) is 8.45. The van der Waals surface area contributed by atoms with Gasteiger partial charge in [0.05, 0.1) is 24.6 Å². The third kappa shape index (κ3) is 3.73. The van der Waals surface area contributed by atoms with E-state index in [4.69, 9.17) is 9.05 Å². The Morgan fingerprint density at radius 3 is 1.85 bits per heavy atom. The molecule has 0 atom stereocenters. The SMILES string of the molecule is CCOP(=O)(NC(=O)N1c2ccccc2C=Cc2ccccc21)OCC. The highest BCUT2D eigenvalue weighted by Crippen LogP contribution is 2.45. The lowest BCUT2D eigenvalue weighted by Crippen LogP contribution is -2.36. The second-order valence-corrected chi connectivity index (χ2v) is 7.27. The van der Waals surface area contributed by atoms with Crippen LogP contribution >= 0.6 is 7.75 Å². The standard InChI is InChI=1S/C19H21N2O4P/c1-3-24-26(23,25-4-2)20-19(22)21-17-11-7-5-9-15(17)13-14-16-10-6-8-12-18(16)21/h5-14H,3-4H2,1-2H3,(H,20,22,23). The molecule has 7 heteroatoms. The molecule has 26 heavy (non-hydrogen) atoms. The van der Waals surface area contributed by atoms with Crippen molar-refractivity contribution in [1.29, 1.82) is 0 Å². The highest BCUT2D eigenvalue weighted by atomic mass is 31.2. The zero-order valence-corrected chi connectivity index (χ0v) is 15.6. The van der Waals surface area contributed by atoms with Gasteiger partial charge in [-0.1, -0.05) is 48.6 Å². The van der Waals surface area contributed by atoms with Crippen molar-refractivity contribution >= 4 is 37.3 Å². The number of hydrogen-bond acceptors (Lipinski definition) is 4. The van der Waals surface area contributed by atoms with Gasteiger partial charge in [0.2, 0.25) is 0 Å². The molecule has 136 valence electrons. The van der Waals surface area contributed by atoms with E-state index in [-0.39, 0.29) is 13.2 Å². The van der Waals surface area contributed by atoms with E-state index in [0.29, 0.717) is 11.4 Å². The zero-order valence-electron chi connectivity index (χ0n) is 14.7. The molecule has 2 amide bonds. The molecule has 0 saturated carbocycles. The minimum atomic E-state index is -3.74. The van der Waals surface area contributed by atoms with Crippen LogP contribution in [0.1, 0.15) is 25.0 Å². The fourth-order valence-electron chi connectivity index (χ4n) is 2.80. The molecule has 1 heterocycles. The minimum Gasteiger partial charge on any atom is -0.293 e. The van der Waals surface area contributed by atoms with Crippen LogP contribution in [-0.4, -0.2) is 19.2 Å². The van der Waals surface area contributed by atoms with Crippen LogP contribution in [0.3, 0.4) is 0 Å². The predicted octanol–water partition coefficient (Wildman–Crippen LogP) is 5.20. The van der Waals surface area contributed by atoms with Gasteiger partial charge < -0.3 is 0 Å². The topological polar surface area (TPSA) is 67.9 Å². The quantitative estimate of drug-likeness (QED) is 0.733. The van der Waals surface area contributed by atoms with Crippen molar-refractivity contribution in [3.8, 4) is 0 Å². The number of nitrogens with one attached hydrogen (secondary N) is 1. The maximum absolute atomic E-state index is 13.1. The molecule has 2 aromatic rings. The van der Waals surface area contributed by atoms with E-state index >= 15 is 0 Å². The first kappa shape index (κ1) is 18.4. The van der Waals surface area contributed by atoms with Crippen LogP contribution in [0.5, 0.6) is 0 Å². The van der Waals surface area contributed by atoms with Crippen LogP contribution in [0.2, 0.25) is 0 Å². The van der Waals surface area contributed by atoms with Gasteiger partial charge >= 0.3 is 13.8 Å². The third-order valence-corrected chi connectivity index (χ3v) is 5.49. The summed E-state index contributed by atoms with van der Waals surface area (Å²) in [6, 6.07) is 14.5. The second kappa shape index (κ2) is 7.87. The zero-order chi connectivity index (χ0) is 18.6. The molecule has 0 spiro atoms. The molecule has 6 nitrogen and oxygen atoms in total. The lowest BCUT2D eigenvalue weighted by atomic mass is 10.1. The largest absolute Gasteiger partial charge is 0.436 e. The number of carbonyl (C=O) groups excluding carboxylic acids is 1. The maximum atomic E-state index is 13.1. The summed E-state index contributed by atoms with van der Waals surface area (Å²) in [6.07, 6.45) is 3.90. The van der Waals surface area contributed by atoms with E-state index in [0.717, 1.165) is 11.1 Å². The summed E-state index contributed by atoms with van der Waals surface area (Å²) >= 11 is 0. The summed E-state index contributed by atoms with van der Waals surface area (Å²) in [5, 5.41) is 2.44. The fraction of sp³-hybridized carbons (Fsp3) is 0.211. The number of nitrogens with zero attached hydrogens (tertiary/aromatic N) is 1. The van der Waals surface area contributed by atoms with Crippen molar-refractivity contribution in [1.82, 2.24) is 5.09 Å². The van der Waals surface area contributed by atoms with Crippen LogP contribution in [0.4, 0.5) is 16.2 Å². The van der Waals surface area contributed by atoms with Gasteiger partial charge in [0.1, 0.15) is 0 Å². The lowest BCUT2D eigenvalue weighted by Gasteiger charge is -2.27. The summed E-state index contributed by atoms with van der Waals surface area (Å²) in [4.78, 5) is 14.6. The van der Waals surface area contributed by atoms with Gasteiger partial charge in [0, 0.05) is 0 Å². The molecular formula is C19H21N2O4P. The number of hydrogen-bond donors (Lipinski definition) is 1. The number of benzene rings is 2. The van der Waals surface area contributed by atoms with Crippen molar-refractivity contribution in [2.45, 2.75) is 13.8 Å². The molecule has 0 unspecified atom stereocenters. The molecule has 1 aliphatic rings. The number of carbonyl (C=O) groups is 1. The van der Waals surface area contributed by atoms with E-state index < -0.39 is 13.8 Å². The Kier molecular flexibility index (Phi) is 5.57. The van der Waals surface area contributed by atoms with Crippen molar-refractivity contribution in [2.75, 3.05) is 18.1 Å². The molecule has 1 aliphatic heterocycles. The minimum absolute atomic E-state index is 0.159. The molecular weight excluding hydrogens is 351 g/mol. The van der Waals surface area contributed by atoms with Crippen LogP contribution in [-0.2, 0) is 13.6 Å². The Labute approximate surface area is 153 Å². The van der Waals surface area contributed by atoms with Crippen molar-refractivity contribution in [3.63, 3.8) is 0 Å². The number of urea groups is 1. The summed E-state index contributed by atoms with van der Waals surface area (Å²) < 4.78 is 23.2. The molecule has 0 fully saturated rings. The number of rotatable bonds is 5. The van der Waals surface area contributed by atoms with Gasteiger partial charge in [-0.25, -0.2) is 14.4 Å². The summed E-state index contributed by atoms with van der Waals surface area (Å²) in [6.45, 7) is 3.70. The van der Waals surface area contributed by atoms with Crippen LogP contribution in [0, 0.1) is 0 Å². The molecule has 0 aliphatic carbocycles. The summed E-state index contributed by atoms with van der Waals surface area (Å²) in [5.41, 5.74) is 3.12. The molecule has 1 N–H and O–H groups in total. The van der Waals surface area contributed by atoms with Crippen molar-refractivity contribution < 1.29 is 18.4 Å². The summed E-state index contributed by atoms with van der Waals surface area (Å²) in [5.74, 6) is 0. The van der Waals surface area contributed by atoms with E-state index in [1.807, 2.05) is 60.7 Å². The molecule has 0 saturated heterocycles. The van der Waals surface area contributed by atoms with E-state index in [1.54, 1.807) is 13.8 Å². The Morgan fingerprint density at radius 2 is 1.38 bits per heavy atom. The normalized spacial score (nSPS) is 12.9. The first-order valence-corrected chi connectivity index (χ1v) is 10.00. The molecule has 0 aromatic heterocycles. The predicted molar refractivity (Wildman–Crippen MR) is 103 cm³/mol. The van der Waals surface area contributed by atoms with Crippen LogP contribution in [0.25, 0.3) is 12.2 Å². The first-order chi connectivity index (χ1) is 12.6. The van der Waals surface area contributed by atoms with Gasteiger partial charge in [-0.3, -0.25) is 13.9 Å². The van der Waals surface area contributed by atoms with Crippen LogP contribution in [0.15, 0.2) is 48.5 Å². The van der Waals surface area contributed by atoms with Gasteiger partial charge in [-0.05, 0) is 37.1 Å². The number of fused-ring (bicyclic) bond motifs is 2. The fourth-order valence-corrected chi connectivity index (χ4v) is 4.02. The smallest absolute Gasteiger partial charge is 0.293 e. The monoisotopic (exact) mass is 372 g/mol. The maximum Gasteiger partial charge on any atom is 0.436 e. The second-order valence-electron chi connectivity index (χ2n) is 5.54. The average molecular weight is 372 g/mol. The Bertz CT molecular complexity index is 822. The highest BCUT2D eigenvalue weighted by Gasteiger charge is 2.32. The molecule has 0 radical (unpaired) electrons. The number of anilines is 2. The Morgan fingerprint density at radius 1 is 0.923 bits per heavy atom. The van der Waals surface area contributed by atoms with Crippen molar-refractivity contribution in [2.24, 2.45) is 0 Å². The number of para-hydroxylation sites is 2. The van der Waals surface area contributed by atoms with Crippen LogP contribution < -0.4 is 9.99 Å². The molecule has 0 bridgehead atoms. The van der Waals surface area contributed by atoms with Gasteiger partial charge in [-0.15, -0.1) is 0 Å². The summed E-state index contributed by atoms with van der Waals surface area (Å²) in [7, 11) is -3.74. The third-order valence-electron chi connectivity index (χ3n) is 3.83. The van der Waals surface area contributed by atoms with E-state index in [2.05, 4.69) is 5.09 Å². The van der Waals surface area contributed by atoms with E-state index in [9.17, 15) is 9.36 Å². The highest BCUT2D eigenvalue weighted by molar-refractivity contribution is 7.52. The Balaban J connectivity index is 2.04.